The van der Waals surface area contributed by atoms with E-state index in [0.29, 0.717) is 31.5 Å². The molecule has 1 aliphatic carbocycles. The lowest BCUT2D eigenvalue weighted by molar-refractivity contribution is -0.142. The lowest BCUT2D eigenvalue weighted by atomic mass is 10.0. The number of hydrogen-bond acceptors (Lipinski definition) is 4. The molecule has 8 heteroatoms. The summed E-state index contributed by atoms with van der Waals surface area (Å²) in [7, 11) is -3.56. The predicted molar refractivity (Wildman–Crippen MR) is 92.8 cm³/mol. The van der Waals surface area contributed by atoms with Crippen molar-refractivity contribution in [2.24, 2.45) is 5.92 Å². The average molecular weight is 368 g/mol. The Kier molecular flexibility index (Phi) is 6.18. The van der Waals surface area contributed by atoms with Crippen molar-refractivity contribution in [1.82, 2.24) is 9.62 Å². The number of sulfonamides is 1. The monoisotopic (exact) mass is 368 g/mol. The molecule has 0 radical (unpaired) electrons. The molecule has 1 saturated carbocycles. The van der Waals surface area contributed by atoms with Gasteiger partial charge in [-0.25, -0.2) is 8.42 Å². The lowest BCUT2D eigenvalue weighted by Gasteiger charge is -2.19. The van der Waals surface area contributed by atoms with E-state index in [1.54, 1.807) is 13.8 Å². The van der Waals surface area contributed by atoms with E-state index in [1.807, 2.05) is 0 Å². The average Bonchev–Trinajstić information content (AvgIpc) is 3.04. The van der Waals surface area contributed by atoms with Crippen LogP contribution in [0.4, 0.5) is 0 Å². The van der Waals surface area contributed by atoms with Crippen LogP contribution in [0.25, 0.3) is 0 Å². The quantitative estimate of drug-likeness (QED) is 0.762. The van der Waals surface area contributed by atoms with Crippen molar-refractivity contribution in [2.75, 3.05) is 13.1 Å². The molecule has 138 valence electrons. The second-order valence-electron chi connectivity index (χ2n) is 6.07. The molecule has 0 saturated heterocycles. The number of carboxylic acids is 1. The van der Waals surface area contributed by atoms with E-state index in [4.69, 9.17) is 5.11 Å². The predicted octanol–water partition coefficient (Wildman–Crippen LogP) is 1.70. The molecule has 2 atom stereocenters. The van der Waals surface area contributed by atoms with Crippen molar-refractivity contribution >= 4 is 21.9 Å². The summed E-state index contributed by atoms with van der Waals surface area (Å²) in [6, 6.07) is 5.34. The van der Waals surface area contributed by atoms with Crippen LogP contribution in [-0.2, 0) is 14.8 Å². The standard InChI is InChI=1S/C17H24N2O5S/c1-3-19(4-2)25(23,24)13-10-8-12(9-11-13)16(20)18-15-7-5-6-14(15)17(21)22/h8-11,14-15H,3-7H2,1-2H3,(H,18,20)(H,21,22)/t14-,15+/m0/s1. The Labute approximate surface area is 148 Å². The molecule has 2 N–H and O–H groups in total. The maximum atomic E-state index is 12.4. The molecule has 0 unspecified atom stereocenters. The van der Waals surface area contributed by atoms with Gasteiger partial charge < -0.3 is 10.4 Å². The third-order valence-electron chi connectivity index (χ3n) is 4.61. The first-order valence-electron chi connectivity index (χ1n) is 8.45. The van der Waals surface area contributed by atoms with Crippen LogP contribution in [-0.4, -0.2) is 48.8 Å². The van der Waals surface area contributed by atoms with E-state index in [-0.39, 0.29) is 16.8 Å². The zero-order valence-corrected chi connectivity index (χ0v) is 15.3. The molecule has 0 aromatic heterocycles. The first kappa shape index (κ1) is 19.4. The molecule has 1 amide bonds. The highest BCUT2D eigenvalue weighted by Gasteiger charge is 2.34. The van der Waals surface area contributed by atoms with Crippen LogP contribution in [0.15, 0.2) is 29.2 Å². The van der Waals surface area contributed by atoms with Gasteiger partial charge in [-0.15, -0.1) is 0 Å². The van der Waals surface area contributed by atoms with Gasteiger partial charge in [0, 0.05) is 24.7 Å². The van der Waals surface area contributed by atoms with Crippen molar-refractivity contribution in [2.45, 2.75) is 44.0 Å². The van der Waals surface area contributed by atoms with Crippen LogP contribution in [0.5, 0.6) is 0 Å². The Morgan fingerprint density at radius 2 is 1.76 bits per heavy atom. The van der Waals surface area contributed by atoms with Gasteiger partial charge >= 0.3 is 5.97 Å². The molecular weight excluding hydrogens is 344 g/mol. The van der Waals surface area contributed by atoms with Gasteiger partial charge in [-0.3, -0.25) is 9.59 Å². The maximum Gasteiger partial charge on any atom is 0.308 e. The molecule has 0 bridgehead atoms. The summed E-state index contributed by atoms with van der Waals surface area (Å²) in [5, 5.41) is 11.9. The zero-order valence-electron chi connectivity index (χ0n) is 14.4. The summed E-state index contributed by atoms with van der Waals surface area (Å²) < 4.78 is 26.2. The number of rotatable bonds is 7. The van der Waals surface area contributed by atoms with Gasteiger partial charge in [0.15, 0.2) is 0 Å². The number of hydrogen-bond donors (Lipinski definition) is 2. The summed E-state index contributed by atoms with van der Waals surface area (Å²) in [4.78, 5) is 23.6. The third kappa shape index (κ3) is 4.19. The fourth-order valence-electron chi connectivity index (χ4n) is 3.17. The van der Waals surface area contributed by atoms with Gasteiger partial charge in [-0.1, -0.05) is 20.3 Å². The Bertz CT molecular complexity index is 726. The second kappa shape index (κ2) is 7.97. The maximum absolute atomic E-state index is 12.4. The zero-order chi connectivity index (χ0) is 18.6. The highest BCUT2D eigenvalue weighted by Crippen LogP contribution is 2.26. The van der Waals surface area contributed by atoms with E-state index < -0.39 is 21.9 Å². The van der Waals surface area contributed by atoms with Crippen molar-refractivity contribution in [3.05, 3.63) is 29.8 Å². The van der Waals surface area contributed by atoms with Gasteiger partial charge in [-0.05, 0) is 37.1 Å². The molecule has 0 heterocycles. The summed E-state index contributed by atoms with van der Waals surface area (Å²) in [6.45, 7) is 4.28. The number of aliphatic carboxylic acids is 1. The van der Waals surface area contributed by atoms with Crippen LogP contribution in [0, 0.1) is 5.92 Å². The van der Waals surface area contributed by atoms with Crippen LogP contribution >= 0.6 is 0 Å². The minimum Gasteiger partial charge on any atom is -0.481 e. The number of carbonyl (C=O) groups is 2. The molecule has 0 spiro atoms. The second-order valence-corrected chi connectivity index (χ2v) is 8.01. The lowest BCUT2D eigenvalue weighted by Crippen LogP contribution is -2.40. The Balaban J connectivity index is 2.12. The van der Waals surface area contributed by atoms with E-state index in [1.165, 1.54) is 28.6 Å². The van der Waals surface area contributed by atoms with Crippen LogP contribution in [0.1, 0.15) is 43.5 Å². The van der Waals surface area contributed by atoms with E-state index in [2.05, 4.69) is 5.32 Å². The van der Waals surface area contributed by atoms with Gasteiger partial charge in [-0.2, -0.15) is 4.31 Å². The van der Waals surface area contributed by atoms with Crippen molar-refractivity contribution in [1.29, 1.82) is 0 Å². The normalized spacial score (nSPS) is 20.6. The SMILES string of the molecule is CCN(CC)S(=O)(=O)c1ccc(C(=O)N[C@@H]2CCC[C@@H]2C(=O)O)cc1. The molecular formula is C17H24N2O5S. The van der Waals surface area contributed by atoms with Crippen molar-refractivity contribution < 1.29 is 23.1 Å². The van der Waals surface area contributed by atoms with Crippen LogP contribution < -0.4 is 5.32 Å². The minimum atomic E-state index is -3.56. The van der Waals surface area contributed by atoms with E-state index in [0.717, 1.165) is 6.42 Å². The van der Waals surface area contributed by atoms with Crippen LogP contribution in [0.2, 0.25) is 0 Å². The number of nitrogens with one attached hydrogen (secondary N) is 1. The number of carboxylic acid groups (broad SMARTS) is 1. The van der Waals surface area contributed by atoms with E-state index in [9.17, 15) is 18.0 Å². The molecule has 1 aromatic carbocycles. The minimum absolute atomic E-state index is 0.136. The topological polar surface area (TPSA) is 104 Å². The molecule has 1 aliphatic rings. The van der Waals surface area contributed by atoms with Gasteiger partial charge in [0.1, 0.15) is 0 Å². The number of nitrogens with zero attached hydrogens (tertiary/aromatic N) is 1. The van der Waals surface area contributed by atoms with Gasteiger partial charge in [0.25, 0.3) is 5.91 Å². The summed E-state index contributed by atoms with van der Waals surface area (Å²) >= 11 is 0. The Hall–Kier alpha value is -1.93. The summed E-state index contributed by atoms with van der Waals surface area (Å²) in [5.41, 5.74) is 0.314. The van der Waals surface area contributed by atoms with E-state index >= 15 is 0 Å². The van der Waals surface area contributed by atoms with Crippen LogP contribution in [0.3, 0.4) is 0 Å². The molecule has 2 rings (SSSR count). The van der Waals surface area contributed by atoms with Crippen molar-refractivity contribution in [3.63, 3.8) is 0 Å². The molecule has 0 aliphatic heterocycles. The molecule has 25 heavy (non-hydrogen) atoms. The Morgan fingerprint density at radius 1 is 1.16 bits per heavy atom. The molecule has 1 fully saturated rings. The van der Waals surface area contributed by atoms with Gasteiger partial charge in [0.2, 0.25) is 10.0 Å². The number of amides is 1. The fourth-order valence-corrected chi connectivity index (χ4v) is 4.63. The first-order chi connectivity index (χ1) is 11.8. The molecule has 7 nitrogen and oxygen atoms in total. The summed E-state index contributed by atoms with van der Waals surface area (Å²) in [6.07, 6.45) is 1.96. The smallest absolute Gasteiger partial charge is 0.308 e. The molecule has 1 aromatic rings. The third-order valence-corrected chi connectivity index (χ3v) is 6.67. The fraction of sp³-hybridized carbons (Fsp3) is 0.529. The summed E-state index contributed by atoms with van der Waals surface area (Å²) in [5.74, 6) is -1.85. The largest absolute Gasteiger partial charge is 0.481 e. The highest BCUT2D eigenvalue weighted by molar-refractivity contribution is 7.89. The first-order valence-corrected chi connectivity index (χ1v) is 9.89. The highest BCUT2D eigenvalue weighted by atomic mass is 32.2. The number of carbonyl (C=O) groups excluding carboxylic acids is 1. The Morgan fingerprint density at radius 3 is 2.28 bits per heavy atom. The number of benzene rings is 1. The van der Waals surface area contributed by atoms with Gasteiger partial charge in [0.05, 0.1) is 10.8 Å². The van der Waals surface area contributed by atoms with Crippen molar-refractivity contribution in [3.8, 4) is 0 Å².